The number of esters is 1. The molecule has 3 aromatic rings. The highest BCUT2D eigenvalue weighted by molar-refractivity contribution is 7.19. The number of amides is 2. The van der Waals surface area contributed by atoms with Gasteiger partial charge in [-0.2, -0.15) is 0 Å². The molecule has 0 atom stereocenters. The number of nitro groups is 1. The van der Waals surface area contributed by atoms with Crippen LogP contribution < -0.4 is 15.4 Å². The van der Waals surface area contributed by atoms with Gasteiger partial charge in [-0.1, -0.05) is 12.1 Å². The van der Waals surface area contributed by atoms with E-state index in [4.69, 9.17) is 9.47 Å². The fourth-order valence-corrected chi connectivity index (χ4v) is 4.26. The van der Waals surface area contributed by atoms with Crippen molar-refractivity contribution in [2.24, 2.45) is 0 Å². The van der Waals surface area contributed by atoms with Crippen LogP contribution in [0.4, 0.5) is 16.4 Å². The molecule has 2 N–H and O–H groups in total. The van der Waals surface area contributed by atoms with E-state index in [-0.39, 0.29) is 26.7 Å². The van der Waals surface area contributed by atoms with Gasteiger partial charge in [0, 0.05) is 28.9 Å². The van der Waals surface area contributed by atoms with E-state index in [0.717, 1.165) is 17.4 Å². The molecule has 2 aromatic carbocycles. The van der Waals surface area contributed by atoms with E-state index in [1.807, 2.05) is 0 Å². The molecule has 11 heteroatoms. The summed E-state index contributed by atoms with van der Waals surface area (Å²) >= 11 is 0.894. The van der Waals surface area contributed by atoms with Crippen LogP contribution in [0.15, 0.2) is 42.5 Å². The molecule has 0 radical (unpaired) electrons. The molecule has 0 saturated heterocycles. The molecule has 34 heavy (non-hydrogen) atoms. The Balaban J connectivity index is 1.94. The standard InChI is InChI=1S/C23H21N3O7S/c1-12-8-9-14(10-17(12)26(30)31)20(27)25-22-18(23(29)33-4)13(2)19(34-22)21(28)24-15-6-5-7-16(11-15)32-3/h5-11H,1-4H3,(H,24,28)(H,25,27). The molecule has 1 heterocycles. The molecular weight excluding hydrogens is 462 g/mol. The van der Waals surface area contributed by atoms with Gasteiger partial charge in [0.15, 0.2) is 0 Å². The molecule has 0 aliphatic carbocycles. The predicted molar refractivity (Wildman–Crippen MR) is 127 cm³/mol. The summed E-state index contributed by atoms with van der Waals surface area (Å²) in [6, 6.07) is 10.8. The molecule has 0 saturated carbocycles. The summed E-state index contributed by atoms with van der Waals surface area (Å²) in [4.78, 5) is 49.0. The minimum atomic E-state index is -0.737. The molecule has 0 aliphatic rings. The molecular formula is C23H21N3O7S. The highest BCUT2D eigenvalue weighted by Gasteiger charge is 2.27. The second-order valence-electron chi connectivity index (χ2n) is 7.15. The number of anilines is 2. The van der Waals surface area contributed by atoms with Gasteiger partial charge in [-0.05, 0) is 37.6 Å². The molecule has 0 spiro atoms. The fourth-order valence-electron chi connectivity index (χ4n) is 3.18. The lowest BCUT2D eigenvalue weighted by molar-refractivity contribution is -0.385. The molecule has 0 unspecified atom stereocenters. The van der Waals surface area contributed by atoms with E-state index in [9.17, 15) is 24.5 Å². The quantitative estimate of drug-likeness (QED) is 0.285. The SMILES string of the molecule is COC(=O)c1c(NC(=O)c2ccc(C)c([N+](=O)[O-])c2)sc(C(=O)Nc2cccc(OC)c2)c1C. The number of carbonyl (C=O) groups excluding carboxylic acids is 3. The largest absolute Gasteiger partial charge is 0.497 e. The van der Waals surface area contributed by atoms with Crippen molar-refractivity contribution < 1.29 is 28.8 Å². The van der Waals surface area contributed by atoms with Crippen LogP contribution in [0.25, 0.3) is 0 Å². The first-order valence-electron chi connectivity index (χ1n) is 9.89. The molecule has 0 fully saturated rings. The van der Waals surface area contributed by atoms with Crippen LogP contribution in [0.5, 0.6) is 5.75 Å². The van der Waals surface area contributed by atoms with Gasteiger partial charge in [0.05, 0.1) is 29.6 Å². The summed E-state index contributed by atoms with van der Waals surface area (Å²) in [5.41, 5.74) is 1.05. The van der Waals surface area contributed by atoms with Crippen LogP contribution >= 0.6 is 11.3 Å². The molecule has 0 bridgehead atoms. The lowest BCUT2D eigenvalue weighted by Crippen LogP contribution is -2.15. The first-order chi connectivity index (χ1) is 16.2. The summed E-state index contributed by atoms with van der Waals surface area (Å²) in [6.07, 6.45) is 0. The fraction of sp³-hybridized carbons (Fsp3) is 0.174. The second kappa shape index (κ2) is 10.1. The minimum Gasteiger partial charge on any atom is -0.497 e. The summed E-state index contributed by atoms with van der Waals surface area (Å²) in [6.45, 7) is 3.13. The number of benzene rings is 2. The van der Waals surface area contributed by atoms with Crippen LogP contribution in [-0.2, 0) is 4.74 Å². The van der Waals surface area contributed by atoms with Crippen LogP contribution in [-0.4, -0.2) is 36.9 Å². The zero-order chi connectivity index (χ0) is 25.0. The molecule has 10 nitrogen and oxygen atoms in total. The van der Waals surface area contributed by atoms with Gasteiger partial charge in [-0.15, -0.1) is 11.3 Å². The number of hydrogen-bond acceptors (Lipinski definition) is 8. The Labute approximate surface area is 198 Å². The van der Waals surface area contributed by atoms with E-state index >= 15 is 0 Å². The number of ether oxygens (including phenoxy) is 2. The van der Waals surface area contributed by atoms with Crippen molar-refractivity contribution in [1.82, 2.24) is 0 Å². The summed E-state index contributed by atoms with van der Waals surface area (Å²) < 4.78 is 9.98. The van der Waals surface area contributed by atoms with E-state index in [1.54, 1.807) is 38.1 Å². The lowest BCUT2D eigenvalue weighted by atomic mass is 10.1. The number of carbonyl (C=O) groups is 3. The Morgan fingerprint density at radius 2 is 1.74 bits per heavy atom. The highest BCUT2D eigenvalue weighted by atomic mass is 32.1. The van der Waals surface area contributed by atoms with Crippen LogP contribution in [0.2, 0.25) is 0 Å². The van der Waals surface area contributed by atoms with Crippen molar-refractivity contribution in [2.45, 2.75) is 13.8 Å². The zero-order valence-corrected chi connectivity index (χ0v) is 19.6. The monoisotopic (exact) mass is 483 g/mol. The number of methoxy groups -OCH3 is 2. The van der Waals surface area contributed by atoms with Crippen molar-refractivity contribution >= 4 is 45.5 Å². The number of nitro benzene ring substituents is 1. The van der Waals surface area contributed by atoms with Gasteiger partial charge in [-0.25, -0.2) is 4.79 Å². The second-order valence-corrected chi connectivity index (χ2v) is 8.17. The Hall–Kier alpha value is -4.25. The van der Waals surface area contributed by atoms with Crippen LogP contribution in [0, 0.1) is 24.0 Å². The average Bonchev–Trinajstić information content (AvgIpc) is 3.14. The summed E-state index contributed by atoms with van der Waals surface area (Å²) in [5.74, 6) is -1.35. The Morgan fingerprint density at radius 3 is 2.38 bits per heavy atom. The molecule has 1 aromatic heterocycles. The van der Waals surface area contributed by atoms with Crippen molar-refractivity contribution in [3.63, 3.8) is 0 Å². The van der Waals surface area contributed by atoms with Crippen molar-refractivity contribution in [1.29, 1.82) is 0 Å². The number of hydrogen-bond donors (Lipinski definition) is 2. The zero-order valence-electron chi connectivity index (χ0n) is 18.8. The minimum absolute atomic E-state index is 0.0262. The van der Waals surface area contributed by atoms with E-state index in [0.29, 0.717) is 22.6 Å². The van der Waals surface area contributed by atoms with Gasteiger partial charge >= 0.3 is 5.97 Å². The predicted octanol–water partition coefficient (Wildman–Crippen LogP) is 4.57. The van der Waals surface area contributed by atoms with Crippen LogP contribution in [0.1, 0.15) is 41.5 Å². The van der Waals surface area contributed by atoms with Gasteiger partial charge in [0.2, 0.25) is 0 Å². The van der Waals surface area contributed by atoms with E-state index in [2.05, 4.69) is 10.6 Å². The van der Waals surface area contributed by atoms with E-state index < -0.39 is 22.7 Å². The third-order valence-electron chi connectivity index (χ3n) is 4.97. The van der Waals surface area contributed by atoms with E-state index in [1.165, 1.54) is 26.4 Å². The van der Waals surface area contributed by atoms with Gasteiger partial charge < -0.3 is 20.1 Å². The number of rotatable bonds is 7. The van der Waals surface area contributed by atoms with Crippen molar-refractivity contribution in [2.75, 3.05) is 24.9 Å². The van der Waals surface area contributed by atoms with Crippen molar-refractivity contribution in [3.05, 3.63) is 79.7 Å². The van der Waals surface area contributed by atoms with Gasteiger partial charge in [0.1, 0.15) is 10.8 Å². The maximum absolute atomic E-state index is 12.9. The molecule has 2 amide bonds. The summed E-state index contributed by atoms with van der Waals surface area (Å²) in [7, 11) is 2.69. The number of nitrogens with zero attached hydrogens (tertiary/aromatic N) is 1. The first kappa shape index (κ1) is 24.4. The maximum Gasteiger partial charge on any atom is 0.341 e. The number of aryl methyl sites for hydroxylation is 1. The Bertz CT molecular complexity index is 1300. The number of nitrogens with one attached hydrogen (secondary N) is 2. The van der Waals surface area contributed by atoms with Crippen LogP contribution in [0.3, 0.4) is 0 Å². The maximum atomic E-state index is 12.9. The van der Waals surface area contributed by atoms with Gasteiger partial charge in [0.25, 0.3) is 17.5 Å². The average molecular weight is 484 g/mol. The van der Waals surface area contributed by atoms with Crippen molar-refractivity contribution in [3.8, 4) is 5.75 Å². The molecule has 176 valence electrons. The summed E-state index contributed by atoms with van der Waals surface area (Å²) in [5, 5.41) is 16.6. The third kappa shape index (κ3) is 5.04. The molecule has 0 aliphatic heterocycles. The Kier molecular flexibility index (Phi) is 7.27. The van der Waals surface area contributed by atoms with Gasteiger partial charge in [-0.3, -0.25) is 19.7 Å². The number of thiophene rings is 1. The normalized spacial score (nSPS) is 10.4. The first-order valence-corrected chi connectivity index (χ1v) is 10.7. The third-order valence-corrected chi connectivity index (χ3v) is 6.17. The topological polar surface area (TPSA) is 137 Å². The highest BCUT2D eigenvalue weighted by Crippen LogP contribution is 2.35. The smallest absolute Gasteiger partial charge is 0.341 e. The molecule has 3 rings (SSSR count). The Morgan fingerprint density at radius 1 is 1.00 bits per heavy atom. The lowest BCUT2D eigenvalue weighted by Gasteiger charge is -2.07.